The van der Waals surface area contributed by atoms with Gasteiger partial charge in [0.25, 0.3) is 0 Å². The van der Waals surface area contributed by atoms with Crippen LogP contribution in [0.3, 0.4) is 0 Å². The van der Waals surface area contributed by atoms with Crippen LogP contribution in [-0.4, -0.2) is 35.8 Å². The van der Waals surface area contributed by atoms with Gasteiger partial charge in [-0.15, -0.1) is 0 Å². The third-order valence-electron chi connectivity index (χ3n) is 6.59. The molecule has 0 aliphatic heterocycles. The average Bonchev–Trinajstić information content (AvgIpc) is 2.93. The molecule has 0 radical (unpaired) electrons. The Labute approximate surface area is 235 Å². The third kappa shape index (κ3) is 9.10. The zero-order valence-corrected chi connectivity index (χ0v) is 24.3. The molecule has 3 aromatic carbocycles. The molecule has 0 saturated heterocycles. The molecule has 0 atom stereocenters. The fourth-order valence-electron chi connectivity index (χ4n) is 4.55. The van der Waals surface area contributed by atoms with Crippen molar-refractivity contribution >= 4 is 13.7 Å². The molecule has 0 fully saturated rings. The molecular formula is C30H38NO8P. The van der Waals surface area contributed by atoms with Gasteiger partial charge in [-0.25, -0.2) is 4.79 Å². The maximum Gasteiger partial charge on any atom is 0.409 e. The SMILES string of the molecule is CCc1c(C)c(Cc2ccc(OCOCNC(=O)OCc3ccccc3)cc2)c(C)c(CC)c1OCP(=O)(O)O. The lowest BCUT2D eigenvalue weighted by molar-refractivity contribution is 0.00513. The first-order valence-corrected chi connectivity index (χ1v) is 15.0. The molecule has 10 heteroatoms. The van der Waals surface area contributed by atoms with Crippen LogP contribution in [0.15, 0.2) is 54.6 Å². The van der Waals surface area contributed by atoms with Gasteiger partial charge in [-0.05, 0) is 84.2 Å². The summed E-state index contributed by atoms with van der Waals surface area (Å²) >= 11 is 0. The maximum atomic E-state index is 11.8. The van der Waals surface area contributed by atoms with Gasteiger partial charge in [-0.1, -0.05) is 56.3 Å². The molecule has 0 heterocycles. The minimum atomic E-state index is -4.29. The average molecular weight is 572 g/mol. The van der Waals surface area contributed by atoms with Gasteiger partial charge in [0.2, 0.25) is 0 Å². The van der Waals surface area contributed by atoms with Crippen molar-refractivity contribution in [2.45, 2.75) is 53.6 Å². The predicted octanol–water partition coefficient (Wildman–Crippen LogP) is 5.77. The highest BCUT2D eigenvalue weighted by Crippen LogP contribution is 2.40. The van der Waals surface area contributed by atoms with Crippen molar-refractivity contribution in [3.05, 3.63) is 93.5 Å². The van der Waals surface area contributed by atoms with Crippen LogP contribution >= 0.6 is 7.60 Å². The molecule has 9 nitrogen and oxygen atoms in total. The number of hydrogen-bond donors (Lipinski definition) is 3. The van der Waals surface area contributed by atoms with Crippen molar-refractivity contribution in [2.24, 2.45) is 0 Å². The highest BCUT2D eigenvalue weighted by atomic mass is 31.2. The molecule has 1 amide bonds. The first-order chi connectivity index (χ1) is 19.1. The lowest BCUT2D eigenvalue weighted by Crippen LogP contribution is -2.27. The first kappa shape index (κ1) is 31.2. The number of alkyl carbamates (subject to hydrolysis) is 1. The molecule has 0 bridgehead atoms. The summed E-state index contributed by atoms with van der Waals surface area (Å²) in [6.07, 6.45) is 0.870. The van der Waals surface area contributed by atoms with E-state index in [1.165, 1.54) is 5.56 Å². The summed E-state index contributed by atoms with van der Waals surface area (Å²) in [5.41, 5.74) is 7.26. The summed E-state index contributed by atoms with van der Waals surface area (Å²) in [6, 6.07) is 17.1. The van der Waals surface area contributed by atoms with Crippen molar-refractivity contribution in [3.63, 3.8) is 0 Å². The minimum absolute atomic E-state index is 0.0354. The van der Waals surface area contributed by atoms with Crippen LogP contribution in [0.5, 0.6) is 11.5 Å². The van der Waals surface area contributed by atoms with Crippen LogP contribution in [0, 0.1) is 13.8 Å². The normalized spacial score (nSPS) is 11.2. The molecule has 0 aliphatic carbocycles. The maximum absolute atomic E-state index is 11.8. The Morgan fingerprint density at radius 3 is 2.05 bits per heavy atom. The van der Waals surface area contributed by atoms with Gasteiger partial charge in [0.15, 0.2) is 13.1 Å². The van der Waals surface area contributed by atoms with Crippen LogP contribution in [0.1, 0.15) is 52.8 Å². The van der Waals surface area contributed by atoms with Crippen LogP contribution < -0.4 is 14.8 Å². The van der Waals surface area contributed by atoms with Crippen LogP contribution in [0.25, 0.3) is 0 Å². The monoisotopic (exact) mass is 571 g/mol. The number of carbonyl (C=O) groups is 1. The van der Waals surface area contributed by atoms with Crippen LogP contribution in [-0.2, 0) is 39.9 Å². The second-order valence-electron chi connectivity index (χ2n) is 9.33. The molecular weight excluding hydrogens is 533 g/mol. The van der Waals surface area contributed by atoms with E-state index < -0.39 is 20.0 Å². The molecule has 3 rings (SSSR count). The molecule has 3 aromatic rings. The van der Waals surface area contributed by atoms with Crippen LogP contribution in [0.4, 0.5) is 4.79 Å². The van der Waals surface area contributed by atoms with Crippen molar-refractivity contribution in [1.82, 2.24) is 5.32 Å². The summed E-state index contributed by atoms with van der Waals surface area (Å²) in [6.45, 7) is 8.20. The number of benzene rings is 3. The quantitative estimate of drug-likeness (QED) is 0.127. The minimum Gasteiger partial charge on any atom is -0.480 e. The number of nitrogens with one attached hydrogen (secondary N) is 1. The van der Waals surface area contributed by atoms with Gasteiger partial charge in [0.1, 0.15) is 24.8 Å². The number of ether oxygens (including phenoxy) is 4. The van der Waals surface area contributed by atoms with E-state index in [2.05, 4.69) is 5.32 Å². The van der Waals surface area contributed by atoms with Crippen LogP contribution in [0.2, 0.25) is 0 Å². The van der Waals surface area contributed by atoms with E-state index in [0.29, 0.717) is 30.8 Å². The van der Waals surface area contributed by atoms with E-state index in [0.717, 1.165) is 33.4 Å². The topological polar surface area (TPSA) is 124 Å². The van der Waals surface area contributed by atoms with Gasteiger partial charge >= 0.3 is 13.7 Å². The number of carbonyl (C=O) groups excluding carboxylic acids is 1. The van der Waals surface area contributed by atoms with Gasteiger partial charge in [-0.2, -0.15) is 0 Å². The number of hydrogen-bond acceptors (Lipinski definition) is 6. The van der Waals surface area contributed by atoms with Crippen molar-refractivity contribution in [2.75, 3.05) is 19.9 Å². The lowest BCUT2D eigenvalue weighted by Gasteiger charge is -2.23. The third-order valence-corrected chi connectivity index (χ3v) is 7.05. The fourth-order valence-corrected chi connectivity index (χ4v) is 4.85. The van der Waals surface area contributed by atoms with Gasteiger partial charge < -0.3 is 28.7 Å². The smallest absolute Gasteiger partial charge is 0.409 e. The standard InChI is InChI=1S/C30H38NO8P/c1-5-26-21(3)28(22(4)27(6-2)29(26)39-20-40(33,34)35)16-23-12-14-25(15-13-23)38-19-36-18-31-30(32)37-17-24-10-8-7-9-11-24/h7-15H,5-6,16-20H2,1-4H3,(H,31,32)(H2,33,34,35). The fraction of sp³-hybridized carbons (Fsp3) is 0.367. The molecule has 0 aliphatic rings. The highest BCUT2D eigenvalue weighted by Gasteiger charge is 2.22. The van der Waals surface area contributed by atoms with E-state index in [1.54, 1.807) is 0 Å². The van der Waals surface area contributed by atoms with E-state index >= 15 is 0 Å². The molecule has 216 valence electrons. The van der Waals surface area contributed by atoms with E-state index in [-0.39, 0.29) is 20.1 Å². The Hall–Kier alpha value is -3.36. The zero-order valence-electron chi connectivity index (χ0n) is 23.4. The molecule has 0 aromatic heterocycles. The van der Waals surface area contributed by atoms with E-state index in [9.17, 15) is 19.1 Å². The summed E-state index contributed by atoms with van der Waals surface area (Å²) < 4.78 is 33.2. The Morgan fingerprint density at radius 2 is 1.48 bits per heavy atom. The lowest BCUT2D eigenvalue weighted by atomic mass is 9.86. The Balaban J connectivity index is 1.54. The van der Waals surface area contributed by atoms with Crippen molar-refractivity contribution in [3.8, 4) is 11.5 Å². The van der Waals surface area contributed by atoms with Gasteiger partial charge in [0.05, 0.1) is 0 Å². The van der Waals surface area contributed by atoms with E-state index in [1.807, 2.05) is 82.3 Å². The van der Waals surface area contributed by atoms with Gasteiger partial charge in [0, 0.05) is 0 Å². The summed E-state index contributed by atoms with van der Waals surface area (Å²) in [5, 5.41) is 2.51. The van der Waals surface area contributed by atoms with Gasteiger partial charge in [-0.3, -0.25) is 9.88 Å². The second-order valence-corrected chi connectivity index (χ2v) is 10.9. The highest BCUT2D eigenvalue weighted by molar-refractivity contribution is 7.51. The Kier molecular flexibility index (Phi) is 11.6. The molecule has 3 N–H and O–H groups in total. The zero-order chi connectivity index (χ0) is 29.1. The van der Waals surface area contributed by atoms with Crippen molar-refractivity contribution in [1.29, 1.82) is 0 Å². The summed E-state index contributed by atoms with van der Waals surface area (Å²) in [4.78, 5) is 30.4. The Morgan fingerprint density at radius 1 is 0.850 bits per heavy atom. The summed E-state index contributed by atoms with van der Waals surface area (Å²) in [5.74, 6) is 1.23. The predicted molar refractivity (Wildman–Crippen MR) is 153 cm³/mol. The second kappa shape index (κ2) is 14.9. The molecule has 0 spiro atoms. The van der Waals surface area contributed by atoms with Crippen molar-refractivity contribution < 1.29 is 38.1 Å². The largest absolute Gasteiger partial charge is 0.480 e. The molecule has 0 saturated carbocycles. The summed E-state index contributed by atoms with van der Waals surface area (Å²) in [7, 11) is -4.29. The molecule has 0 unspecified atom stereocenters. The Bertz CT molecular complexity index is 1270. The first-order valence-electron chi connectivity index (χ1n) is 13.2. The number of rotatable bonds is 14. The molecule has 40 heavy (non-hydrogen) atoms. The number of amides is 1. The van der Waals surface area contributed by atoms with E-state index in [4.69, 9.17) is 18.9 Å².